The van der Waals surface area contributed by atoms with Crippen LogP contribution in [0.4, 0.5) is 0 Å². The van der Waals surface area contributed by atoms with Crippen LogP contribution in [0.25, 0.3) is 0 Å². The predicted molar refractivity (Wildman–Crippen MR) is 60.8 cm³/mol. The summed E-state index contributed by atoms with van der Waals surface area (Å²) >= 11 is 0. The highest BCUT2D eigenvalue weighted by atomic mass is 16.1. The molecule has 0 saturated heterocycles. The summed E-state index contributed by atoms with van der Waals surface area (Å²) in [5.74, 6) is 0.263. The maximum atomic E-state index is 11.8. The van der Waals surface area contributed by atoms with E-state index in [1.807, 2.05) is 13.0 Å². The van der Waals surface area contributed by atoms with Crippen LogP contribution in [0.15, 0.2) is 24.3 Å². The van der Waals surface area contributed by atoms with Gasteiger partial charge in [-0.15, -0.1) is 0 Å². The molecule has 0 aliphatic heterocycles. The van der Waals surface area contributed by atoms with Crippen molar-refractivity contribution < 1.29 is 4.79 Å². The van der Waals surface area contributed by atoms with Crippen LogP contribution in [0.1, 0.15) is 36.8 Å². The molecule has 0 radical (unpaired) electrons. The van der Waals surface area contributed by atoms with Gasteiger partial charge in [0.2, 0.25) is 5.91 Å². The van der Waals surface area contributed by atoms with Crippen molar-refractivity contribution in [3.63, 3.8) is 0 Å². The number of rotatable bonds is 2. The van der Waals surface area contributed by atoms with E-state index < -0.39 is 0 Å². The predicted octanol–water partition coefficient (Wildman–Crippen LogP) is 2.24. The highest BCUT2D eigenvalue weighted by Gasteiger charge is 2.25. The molecule has 15 heavy (non-hydrogen) atoms. The van der Waals surface area contributed by atoms with Crippen LogP contribution in [0.3, 0.4) is 0 Å². The Morgan fingerprint density at radius 1 is 1.47 bits per heavy atom. The lowest BCUT2D eigenvalue weighted by atomic mass is 9.82. The summed E-state index contributed by atoms with van der Waals surface area (Å²) in [5, 5.41) is 2.92. The van der Waals surface area contributed by atoms with E-state index >= 15 is 0 Å². The van der Waals surface area contributed by atoms with Crippen LogP contribution in [0.5, 0.6) is 0 Å². The van der Waals surface area contributed by atoms with Gasteiger partial charge in [-0.05, 0) is 37.3 Å². The first kappa shape index (κ1) is 10.2. The van der Waals surface area contributed by atoms with Crippen molar-refractivity contribution in [1.82, 2.24) is 5.32 Å². The zero-order valence-corrected chi connectivity index (χ0v) is 9.12. The second-order valence-corrected chi connectivity index (χ2v) is 4.04. The van der Waals surface area contributed by atoms with Gasteiger partial charge in [0, 0.05) is 6.54 Å². The topological polar surface area (TPSA) is 29.1 Å². The van der Waals surface area contributed by atoms with E-state index in [0.717, 1.165) is 25.8 Å². The van der Waals surface area contributed by atoms with Crippen molar-refractivity contribution in [3.8, 4) is 0 Å². The maximum absolute atomic E-state index is 11.8. The zero-order chi connectivity index (χ0) is 10.7. The molecule has 1 unspecified atom stereocenters. The summed E-state index contributed by atoms with van der Waals surface area (Å²) in [6, 6.07) is 8.31. The molecule has 0 bridgehead atoms. The Morgan fingerprint density at radius 3 is 3.07 bits per heavy atom. The molecule has 0 saturated carbocycles. The highest BCUT2D eigenvalue weighted by Crippen LogP contribution is 2.31. The van der Waals surface area contributed by atoms with Gasteiger partial charge in [-0.2, -0.15) is 0 Å². The van der Waals surface area contributed by atoms with Crippen molar-refractivity contribution >= 4 is 5.91 Å². The summed E-state index contributed by atoms with van der Waals surface area (Å²) in [7, 11) is 0. The Bertz CT molecular complexity index is 359. The molecule has 1 aromatic carbocycles. The van der Waals surface area contributed by atoms with E-state index in [0.29, 0.717) is 0 Å². The normalized spacial score (nSPS) is 19.4. The van der Waals surface area contributed by atoms with Gasteiger partial charge in [0.15, 0.2) is 0 Å². The molecular weight excluding hydrogens is 186 g/mol. The van der Waals surface area contributed by atoms with Gasteiger partial charge in [0.1, 0.15) is 0 Å². The molecule has 1 N–H and O–H groups in total. The number of amides is 1. The standard InChI is InChI=1S/C13H17NO/c1-2-14-13(15)12-9-5-7-10-6-3-4-8-11(10)12/h3-4,6,8,12H,2,5,7,9H2,1H3,(H,14,15). The van der Waals surface area contributed by atoms with E-state index in [4.69, 9.17) is 0 Å². The fourth-order valence-corrected chi connectivity index (χ4v) is 2.32. The Hall–Kier alpha value is -1.31. The highest BCUT2D eigenvalue weighted by molar-refractivity contribution is 5.84. The van der Waals surface area contributed by atoms with E-state index in [-0.39, 0.29) is 11.8 Å². The first-order chi connectivity index (χ1) is 7.33. The largest absolute Gasteiger partial charge is 0.356 e. The molecule has 0 fully saturated rings. The summed E-state index contributed by atoms with van der Waals surface area (Å²) in [5.41, 5.74) is 2.58. The average molecular weight is 203 g/mol. The van der Waals surface area contributed by atoms with Gasteiger partial charge < -0.3 is 5.32 Å². The number of hydrogen-bond acceptors (Lipinski definition) is 1. The van der Waals surface area contributed by atoms with Crippen LogP contribution in [0.2, 0.25) is 0 Å². The molecule has 2 nitrogen and oxygen atoms in total. The third kappa shape index (κ3) is 2.04. The van der Waals surface area contributed by atoms with Crippen molar-refractivity contribution in [3.05, 3.63) is 35.4 Å². The van der Waals surface area contributed by atoms with Gasteiger partial charge in [-0.1, -0.05) is 24.3 Å². The number of benzene rings is 1. The third-order valence-electron chi connectivity index (χ3n) is 3.04. The van der Waals surface area contributed by atoms with Crippen LogP contribution < -0.4 is 5.32 Å². The minimum Gasteiger partial charge on any atom is -0.356 e. The first-order valence-electron chi connectivity index (χ1n) is 5.68. The Balaban J connectivity index is 2.25. The van der Waals surface area contributed by atoms with Gasteiger partial charge in [0.25, 0.3) is 0 Å². The second-order valence-electron chi connectivity index (χ2n) is 4.04. The summed E-state index contributed by atoms with van der Waals surface area (Å²) in [6.45, 7) is 2.68. The molecule has 1 amide bonds. The second kappa shape index (κ2) is 4.47. The van der Waals surface area contributed by atoms with Crippen LogP contribution in [-0.4, -0.2) is 12.5 Å². The molecule has 1 aliphatic rings. The summed E-state index contributed by atoms with van der Waals surface area (Å²) < 4.78 is 0. The van der Waals surface area contributed by atoms with E-state index in [2.05, 4.69) is 23.5 Å². The third-order valence-corrected chi connectivity index (χ3v) is 3.04. The van der Waals surface area contributed by atoms with E-state index in [9.17, 15) is 4.79 Å². The number of carbonyl (C=O) groups is 1. The molecule has 80 valence electrons. The lowest BCUT2D eigenvalue weighted by Crippen LogP contribution is -2.31. The SMILES string of the molecule is CCNC(=O)C1CCCc2ccccc21. The maximum Gasteiger partial charge on any atom is 0.227 e. The summed E-state index contributed by atoms with van der Waals surface area (Å²) in [6.07, 6.45) is 3.23. The van der Waals surface area contributed by atoms with Crippen molar-refractivity contribution in [1.29, 1.82) is 0 Å². The Morgan fingerprint density at radius 2 is 2.27 bits per heavy atom. The molecular formula is C13H17NO. The number of carbonyl (C=O) groups excluding carboxylic acids is 1. The molecule has 0 spiro atoms. The quantitative estimate of drug-likeness (QED) is 0.784. The van der Waals surface area contributed by atoms with Crippen molar-refractivity contribution in [2.24, 2.45) is 0 Å². The fourth-order valence-electron chi connectivity index (χ4n) is 2.32. The van der Waals surface area contributed by atoms with Crippen LogP contribution >= 0.6 is 0 Å². The fraction of sp³-hybridized carbons (Fsp3) is 0.462. The van der Waals surface area contributed by atoms with Gasteiger partial charge in [0.05, 0.1) is 5.92 Å². The number of nitrogens with one attached hydrogen (secondary N) is 1. The average Bonchev–Trinajstić information content (AvgIpc) is 2.28. The molecule has 1 aliphatic carbocycles. The Labute approximate surface area is 90.7 Å². The Kier molecular flexibility index (Phi) is 3.05. The number of hydrogen-bond donors (Lipinski definition) is 1. The zero-order valence-electron chi connectivity index (χ0n) is 9.12. The molecule has 1 atom stereocenters. The van der Waals surface area contributed by atoms with Crippen molar-refractivity contribution in [2.75, 3.05) is 6.54 Å². The monoisotopic (exact) mass is 203 g/mol. The van der Waals surface area contributed by atoms with Gasteiger partial charge in [-0.3, -0.25) is 4.79 Å². The molecule has 1 aromatic rings. The minimum atomic E-state index is 0.0786. The first-order valence-corrected chi connectivity index (χ1v) is 5.68. The number of likely N-dealkylation sites (N-methyl/N-ethyl adjacent to an activating group) is 1. The van der Waals surface area contributed by atoms with Crippen LogP contribution in [-0.2, 0) is 11.2 Å². The van der Waals surface area contributed by atoms with Gasteiger partial charge >= 0.3 is 0 Å². The lowest BCUT2D eigenvalue weighted by molar-refractivity contribution is -0.122. The molecule has 2 rings (SSSR count). The van der Waals surface area contributed by atoms with Crippen LogP contribution in [0, 0.1) is 0 Å². The number of fused-ring (bicyclic) bond motifs is 1. The molecule has 0 aromatic heterocycles. The van der Waals surface area contributed by atoms with E-state index in [1.54, 1.807) is 0 Å². The van der Waals surface area contributed by atoms with Gasteiger partial charge in [-0.25, -0.2) is 0 Å². The lowest BCUT2D eigenvalue weighted by Gasteiger charge is -2.24. The summed E-state index contributed by atoms with van der Waals surface area (Å²) in [4.78, 5) is 11.8. The molecule has 2 heteroatoms. The smallest absolute Gasteiger partial charge is 0.227 e. The van der Waals surface area contributed by atoms with Crippen molar-refractivity contribution in [2.45, 2.75) is 32.1 Å². The van der Waals surface area contributed by atoms with E-state index in [1.165, 1.54) is 11.1 Å². The minimum absolute atomic E-state index is 0.0786. The number of aryl methyl sites for hydroxylation is 1. The molecule has 0 heterocycles.